The van der Waals surface area contributed by atoms with Crippen LogP contribution in [0.15, 0.2) is 48.5 Å². The Balaban J connectivity index is 1.42. The number of rotatable bonds is 5. The zero-order chi connectivity index (χ0) is 20.2. The summed E-state index contributed by atoms with van der Waals surface area (Å²) in [6.45, 7) is 6.04. The van der Waals surface area contributed by atoms with Crippen LogP contribution in [0.25, 0.3) is 0 Å². The number of likely N-dealkylation sites (tertiary alicyclic amines) is 1. The Morgan fingerprint density at radius 3 is 2.62 bits per heavy atom. The maximum Gasteiger partial charge on any atom is 0.229 e. The number of carbonyl (C=O) groups is 2. The third-order valence-corrected chi connectivity index (χ3v) is 5.72. The number of morpholine rings is 1. The smallest absolute Gasteiger partial charge is 0.229 e. The number of benzene rings is 2. The van der Waals surface area contributed by atoms with E-state index in [9.17, 15) is 9.59 Å². The molecule has 2 heterocycles. The topological polar surface area (TPSA) is 61.9 Å². The maximum absolute atomic E-state index is 12.9. The van der Waals surface area contributed by atoms with Crippen LogP contribution in [-0.4, -0.2) is 49.6 Å². The second kappa shape index (κ2) is 8.66. The molecule has 0 aliphatic carbocycles. The Kier molecular flexibility index (Phi) is 5.81. The summed E-state index contributed by atoms with van der Waals surface area (Å²) in [6.07, 6.45) is 0.261. The average Bonchev–Trinajstić information content (AvgIpc) is 3.11. The maximum atomic E-state index is 12.9. The van der Waals surface area contributed by atoms with E-state index >= 15 is 0 Å². The molecule has 1 unspecified atom stereocenters. The van der Waals surface area contributed by atoms with Crippen LogP contribution in [-0.2, 0) is 20.9 Å². The molecule has 0 spiro atoms. The first-order valence-electron chi connectivity index (χ1n) is 10.2. The van der Waals surface area contributed by atoms with Crippen LogP contribution in [0.4, 0.5) is 11.4 Å². The van der Waals surface area contributed by atoms with Crippen molar-refractivity contribution in [3.63, 3.8) is 0 Å². The fourth-order valence-corrected chi connectivity index (χ4v) is 3.99. The van der Waals surface area contributed by atoms with Gasteiger partial charge in [-0.25, -0.2) is 0 Å². The van der Waals surface area contributed by atoms with Crippen molar-refractivity contribution >= 4 is 23.2 Å². The van der Waals surface area contributed by atoms with E-state index in [4.69, 9.17) is 4.74 Å². The number of amides is 2. The minimum Gasteiger partial charge on any atom is -0.378 e. The summed E-state index contributed by atoms with van der Waals surface area (Å²) in [5, 5.41) is 3.07. The lowest BCUT2D eigenvalue weighted by molar-refractivity contribution is -0.128. The molecule has 2 aromatic carbocycles. The second-order valence-corrected chi connectivity index (χ2v) is 7.71. The van der Waals surface area contributed by atoms with Gasteiger partial charge in [0.05, 0.1) is 30.5 Å². The number of hydrogen-bond acceptors (Lipinski definition) is 4. The van der Waals surface area contributed by atoms with E-state index in [0.29, 0.717) is 26.3 Å². The molecule has 0 radical (unpaired) electrons. The molecule has 2 aliphatic heterocycles. The number of carbonyl (C=O) groups excluding carboxylic acids is 2. The van der Waals surface area contributed by atoms with E-state index in [2.05, 4.69) is 10.2 Å². The van der Waals surface area contributed by atoms with Gasteiger partial charge in [0.1, 0.15) is 0 Å². The lowest BCUT2D eigenvalue weighted by Gasteiger charge is -2.30. The molecule has 0 aromatic heterocycles. The van der Waals surface area contributed by atoms with Gasteiger partial charge in [-0.2, -0.15) is 0 Å². The molecule has 1 atom stereocenters. The van der Waals surface area contributed by atoms with Gasteiger partial charge < -0.3 is 19.9 Å². The van der Waals surface area contributed by atoms with E-state index in [1.165, 1.54) is 0 Å². The van der Waals surface area contributed by atoms with Crippen LogP contribution < -0.4 is 10.2 Å². The average molecular weight is 393 g/mol. The number of para-hydroxylation sites is 2. The summed E-state index contributed by atoms with van der Waals surface area (Å²) < 4.78 is 5.43. The van der Waals surface area contributed by atoms with Crippen LogP contribution in [0.2, 0.25) is 0 Å². The van der Waals surface area contributed by atoms with Gasteiger partial charge in [0.25, 0.3) is 0 Å². The highest BCUT2D eigenvalue weighted by atomic mass is 16.5. The Morgan fingerprint density at radius 1 is 1.10 bits per heavy atom. The zero-order valence-electron chi connectivity index (χ0n) is 16.8. The van der Waals surface area contributed by atoms with Gasteiger partial charge in [-0.3, -0.25) is 9.59 Å². The molecule has 4 rings (SSSR count). The number of aryl methyl sites for hydroxylation is 1. The highest BCUT2D eigenvalue weighted by Gasteiger charge is 2.34. The lowest BCUT2D eigenvalue weighted by atomic mass is 10.1. The van der Waals surface area contributed by atoms with Crippen molar-refractivity contribution < 1.29 is 14.3 Å². The van der Waals surface area contributed by atoms with Gasteiger partial charge in [-0.15, -0.1) is 0 Å². The number of ether oxygens (including phenoxy) is 1. The van der Waals surface area contributed by atoms with Crippen LogP contribution in [0.1, 0.15) is 17.5 Å². The molecular weight excluding hydrogens is 366 g/mol. The van der Waals surface area contributed by atoms with E-state index in [-0.39, 0.29) is 24.2 Å². The highest BCUT2D eigenvalue weighted by molar-refractivity contribution is 5.99. The molecule has 29 heavy (non-hydrogen) atoms. The van der Waals surface area contributed by atoms with Crippen LogP contribution in [0.3, 0.4) is 0 Å². The van der Waals surface area contributed by atoms with Gasteiger partial charge in [0.2, 0.25) is 11.8 Å². The number of anilines is 2. The molecule has 1 N–H and O–H groups in total. The van der Waals surface area contributed by atoms with Crippen LogP contribution >= 0.6 is 0 Å². The second-order valence-electron chi connectivity index (χ2n) is 7.71. The van der Waals surface area contributed by atoms with Crippen molar-refractivity contribution in [3.05, 3.63) is 59.7 Å². The third-order valence-electron chi connectivity index (χ3n) is 5.72. The van der Waals surface area contributed by atoms with E-state index in [1.807, 2.05) is 55.5 Å². The summed E-state index contributed by atoms with van der Waals surface area (Å²) in [6, 6.07) is 15.9. The van der Waals surface area contributed by atoms with Gasteiger partial charge in [0.15, 0.2) is 0 Å². The third kappa shape index (κ3) is 4.43. The zero-order valence-corrected chi connectivity index (χ0v) is 16.8. The monoisotopic (exact) mass is 393 g/mol. The SMILES string of the molecule is Cc1ccccc1CN1CC(C(=O)Nc2ccccc2N2CCOCC2)CC1=O. The minimum absolute atomic E-state index is 0.0369. The molecule has 2 aliphatic rings. The van der Waals surface area contributed by atoms with Gasteiger partial charge in [-0.05, 0) is 30.2 Å². The van der Waals surface area contributed by atoms with Crippen LogP contribution in [0, 0.1) is 12.8 Å². The normalized spacial score (nSPS) is 19.5. The number of nitrogens with one attached hydrogen (secondary N) is 1. The predicted octanol–water partition coefficient (Wildman–Crippen LogP) is 2.82. The van der Waals surface area contributed by atoms with Crippen molar-refractivity contribution in [3.8, 4) is 0 Å². The number of hydrogen-bond donors (Lipinski definition) is 1. The fraction of sp³-hybridized carbons (Fsp3) is 0.391. The van der Waals surface area contributed by atoms with Crippen molar-refractivity contribution in [2.24, 2.45) is 5.92 Å². The summed E-state index contributed by atoms with van der Waals surface area (Å²) in [5.41, 5.74) is 4.08. The van der Waals surface area contributed by atoms with Crippen molar-refractivity contribution in [2.45, 2.75) is 19.9 Å². The Morgan fingerprint density at radius 2 is 1.83 bits per heavy atom. The summed E-state index contributed by atoms with van der Waals surface area (Å²) in [7, 11) is 0. The molecule has 2 fully saturated rings. The Hall–Kier alpha value is -2.86. The minimum atomic E-state index is -0.329. The summed E-state index contributed by atoms with van der Waals surface area (Å²) >= 11 is 0. The molecule has 6 nitrogen and oxygen atoms in total. The Bertz CT molecular complexity index is 892. The van der Waals surface area contributed by atoms with Crippen molar-refractivity contribution in [1.29, 1.82) is 0 Å². The van der Waals surface area contributed by atoms with E-state index in [0.717, 1.165) is 35.6 Å². The fourth-order valence-electron chi connectivity index (χ4n) is 3.99. The first-order valence-corrected chi connectivity index (χ1v) is 10.2. The van der Waals surface area contributed by atoms with Gasteiger partial charge in [-0.1, -0.05) is 36.4 Å². The van der Waals surface area contributed by atoms with Crippen molar-refractivity contribution in [1.82, 2.24) is 4.90 Å². The largest absolute Gasteiger partial charge is 0.378 e. The summed E-state index contributed by atoms with van der Waals surface area (Å²) in [4.78, 5) is 29.4. The standard InChI is InChI=1S/C23H27N3O3/c1-17-6-2-3-7-18(17)15-26-16-19(14-22(26)27)23(28)24-20-8-4-5-9-21(20)25-10-12-29-13-11-25/h2-9,19H,10-16H2,1H3,(H,24,28). The highest BCUT2D eigenvalue weighted by Crippen LogP contribution is 2.28. The number of nitrogens with zero attached hydrogens (tertiary/aromatic N) is 2. The quantitative estimate of drug-likeness (QED) is 0.849. The van der Waals surface area contributed by atoms with E-state index < -0.39 is 0 Å². The molecule has 0 saturated carbocycles. The Labute approximate surface area is 171 Å². The molecule has 2 amide bonds. The lowest BCUT2D eigenvalue weighted by Crippen LogP contribution is -2.37. The molecule has 6 heteroatoms. The van der Waals surface area contributed by atoms with E-state index in [1.54, 1.807) is 4.90 Å². The molecule has 2 saturated heterocycles. The summed E-state index contributed by atoms with van der Waals surface area (Å²) in [5.74, 6) is -0.384. The molecular formula is C23H27N3O3. The molecule has 0 bridgehead atoms. The molecule has 152 valence electrons. The van der Waals surface area contributed by atoms with Gasteiger partial charge in [0, 0.05) is 32.6 Å². The van der Waals surface area contributed by atoms with Gasteiger partial charge >= 0.3 is 0 Å². The van der Waals surface area contributed by atoms with Crippen LogP contribution in [0.5, 0.6) is 0 Å². The molecule has 2 aromatic rings. The van der Waals surface area contributed by atoms with Crippen molar-refractivity contribution in [2.75, 3.05) is 43.1 Å². The first kappa shape index (κ1) is 19.5. The predicted molar refractivity (Wildman–Crippen MR) is 113 cm³/mol. The first-order chi connectivity index (χ1) is 14.1.